The van der Waals surface area contributed by atoms with Crippen LogP contribution >= 0.6 is 22.9 Å². The minimum Gasteiger partial charge on any atom is -0.484 e. The summed E-state index contributed by atoms with van der Waals surface area (Å²) in [5.74, 6) is -0.197. The van der Waals surface area contributed by atoms with Crippen LogP contribution in [0.25, 0.3) is 10.2 Å². The molecule has 3 rings (SSSR count). The standard InChI is InChI=1S/C18H16ClFN2O2S/c1-2-10-22-17-14(20)4-3-5-15(17)25-18(22)21-16(23)11-24-13-8-6-12(19)7-9-13/h3-9H,2,10-11H2,1H3. The zero-order valence-corrected chi connectivity index (χ0v) is 15.1. The highest BCUT2D eigenvalue weighted by Crippen LogP contribution is 2.20. The van der Waals surface area contributed by atoms with E-state index in [1.807, 2.05) is 13.0 Å². The molecule has 1 amide bonds. The number of halogens is 2. The van der Waals surface area contributed by atoms with Crippen LogP contribution in [-0.2, 0) is 11.3 Å². The van der Waals surface area contributed by atoms with E-state index in [0.717, 1.165) is 11.1 Å². The van der Waals surface area contributed by atoms with Gasteiger partial charge in [-0.05, 0) is 42.8 Å². The Morgan fingerprint density at radius 1 is 1.28 bits per heavy atom. The van der Waals surface area contributed by atoms with E-state index in [9.17, 15) is 9.18 Å². The van der Waals surface area contributed by atoms with Gasteiger partial charge in [0.25, 0.3) is 5.91 Å². The molecule has 0 bridgehead atoms. The van der Waals surface area contributed by atoms with Gasteiger partial charge in [-0.3, -0.25) is 4.79 Å². The van der Waals surface area contributed by atoms with E-state index >= 15 is 0 Å². The lowest BCUT2D eigenvalue weighted by Gasteiger charge is -2.04. The van der Waals surface area contributed by atoms with Gasteiger partial charge in [-0.1, -0.05) is 35.9 Å². The zero-order valence-electron chi connectivity index (χ0n) is 13.5. The molecule has 0 radical (unpaired) electrons. The van der Waals surface area contributed by atoms with Crippen LogP contribution in [0.3, 0.4) is 0 Å². The van der Waals surface area contributed by atoms with E-state index < -0.39 is 5.91 Å². The van der Waals surface area contributed by atoms with Crippen LogP contribution in [0.5, 0.6) is 5.75 Å². The summed E-state index contributed by atoms with van der Waals surface area (Å²) >= 11 is 7.10. The van der Waals surface area contributed by atoms with Crippen LogP contribution in [0.1, 0.15) is 13.3 Å². The zero-order chi connectivity index (χ0) is 17.8. The molecule has 3 aromatic rings. The summed E-state index contributed by atoms with van der Waals surface area (Å²) in [7, 11) is 0. The summed E-state index contributed by atoms with van der Waals surface area (Å²) in [4.78, 5) is 16.7. The number of nitrogens with zero attached hydrogens (tertiary/aromatic N) is 2. The highest BCUT2D eigenvalue weighted by atomic mass is 35.5. The molecule has 4 nitrogen and oxygen atoms in total. The van der Waals surface area contributed by atoms with Crippen molar-refractivity contribution in [1.29, 1.82) is 0 Å². The number of aromatic nitrogens is 1. The molecule has 0 spiro atoms. The van der Waals surface area contributed by atoms with Crippen LogP contribution in [0, 0.1) is 5.82 Å². The van der Waals surface area contributed by atoms with Gasteiger partial charge >= 0.3 is 0 Å². The third-order valence-corrected chi connectivity index (χ3v) is 4.79. The SMILES string of the molecule is CCCn1c(=NC(=O)COc2ccc(Cl)cc2)sc2cccc(F)c21. The first-order valence-corrected chi connectivity index (χ1v) is 9.01. The number of amides is 1. The van der Waals surface area contributed by atoms with Gasteiger partial charge in [-0.25, -0.2) is 4.39 Å². The van der Waals surface area contributed by atoms with E-state index in [-0.39, 0.29) is 12.4 Å². The molecule has 0 saturated heterocycles. The Balaban J connectivity index is 1.86. The van der Waals surface area contributed by atoms with Gasteiger partial charge in [-0.15, -0.1) is 0 Å². The first-order chi connectivity index (χ1) is 12.1. The number of hydrogen-bond donors (Lipinski definition) is 0. The van der Waals surface area contributed by atoms with Gasteiger partial charge in [0.2, 0.25) is 0 Å². The van der Waals surface area contributed by atoms with Gasteiger partial charge in [0.15, 0.2) is 11.4 Å². The molecule has 130 valence electrons. The number of fused-ring (bicyclic) bond motifs is 1. The first kappa shape index (κ1) is 17.6. The highest BCUT2D eigenvalue weighted by Gasteiger charge is 2.11. The monoisotopic (exact) mass is 378 g/mol. The maximum absolute atomic E-state index is 14.1. The predicted molar refractivity (Wildman–Crippen MR) is 97.6 cm³/mol. The van der Waals surface area contributed by atoms with Crippen LogP contribution < -0.4 is 9.54 Å². The normalized spacial score (nSPS) is 11.9. The smallest absolute Gasteiger partial charge is 0.286 e. The number of benzene rings is 2. The minimum absolute atomic E-state index is 0.190. The second-order valence-electron chi connectivity index (χ2n) is 5.37. The minimum atomic E-state index is -0.424. The summed E-state index contributed by atoms with van der Waals surface area (Å²) in [6, 6.07) is 11.6. The fourth-order valence-electron chi connectivity index (χ4n) is 2.42. The van der Waals surface area contributed by atoms with Crippen molar-refractivity contribution >= 4 is 39.1 Å². The third kappa shape index (κ3) is 4.08. The molecule has 0 fully saturated rings. The van der Waals surface area contributed by atoms with E-state index in [1.165, 1.54) is 17.4 Å². The largest absolute Gasteiger partial charge is 0.484 e. The fourth-order valence-corrected chi connectivity index (χ4v) is 3.63. The lowest BCUT2D eigenvalue weighted by Crippen LogP contribution is -2.19. The van der Waals surface area contributed by atoms with Gasteiger partial charge in [0.05, 0.1) is 10.2 Å². The summed E-state index contributed by atoms with van der Waals surface area (Å²) < 4.78 is 22.1. The Bertz CT molecular complexity index is 963. The van der Waals surface area contributed by atoms with E-state index in [4.69, 9.17) is 16.3 Å². The molecule has 0 aliphatic rings. The second-order valence-corrected chi connectivity index (χ2v) is 6.82. The Labute approximate surface area is 153 Å². The van der Waals surface area contributed by atoms with E-state index in [0.29, 0.717) is 27.6 Å². The van der Waals surface area contributed by atoms with Crippen molar-refractivity contribution in [3.63, 3.8) is 0 Å². The number of aryl methyl sites for hydroxylation is 1. The highest BCUT2D eigenvalue weighted by molar-refractivity contribution is 7.16. The van der Waals surface area contributed by atoms with Crippen LogP contribution in [-0.4, -0.2) is 17.1 Å². The van der Waals surface area contributed by atoms with Crippen molar-refractivity contribution in [3.8, 4) is 5.75 Å². The van der Waals surface area contributed by atoms with Gasteiger partial charge in [-0.2, -0.15) is 4.99 Å². The summed E-state index contributed by atoms with van der Waals surface area (Å²) in [5, 5.41) is 0.594. The Morgan fingerprint density at radius 2 is 2.04 bits per heavy atom. The second kappa shape index (κ2) is 7.80. The van der Waals surface area contributed by atoms with E-state index in [2.05, 4.69) is 4.99 Å². The van der Waals surface area contributed by atoms with Crippen molar-refractivity contribution in [1.82, 2.24) is 4.57 Å². The Morgan fingerprint density at radius 3 is 2.76 bits per heavy atom. The van der Waals surface area contributed by atoms with Gasteiger partial charge in [0.1, 0.15) is 11.6 Å². The molecule has 0 unspecified atom stereocenters. The molecular formula is C18H16ClFN2O2S. The van der Waals surface area contributed by atoms with Crippen LogP contribution in [0.2, 0.25) is 5.02 Å². The van der Waals surface area contributed by atoms with Crippen molar-refractivity contribution in [2.45, 2.75) is 19.9 Å². The van der Waals surface area contributed by atoms with Crippen molar-refractivity contribution in [3.05, 3.63) is 58.1 Å². The maximum atomic E-state index is 14.1. The average Bonchev–Trinajstić information content (AvgIpc) is 2.93. The van der Waals surface area contributed by atoms with Crippen LogP contribution in [0.4, 0.5) is 4.39 Å². The number of carbonyl (C=O) groups excluding carboxylic acids is 1. The van der Waals surface area contributed by atoms with Crippen molar-refractivity contribution in [2.75, 3.05) is 6.61 Å². The molecule has 0 N–H and O–H groups in total. The van der Waals surface area contributed by atoms with Crippen molar-refractivity contribution in [2.24, 2.45) is 4.99 Å². The molecular weight excluding hydrogens is 363 g/mol. The summed E-state index contributed by atoms with van der Waals surface area (Å²) in [5.41, 5.74) is 0.486. The molecule has 0 aliphatic heterocycles. The van der Waals surface area contributed by atoms with E-state index in [1.54, 1.807) is 34.9 Å². The number of ether oxygens (including phenoxy) is 1. The maximum Gasteiger partial charge on any atom is 0.286 e. The molecule has 7 heteroatoms. The molecule has 0 aliphatic carbocycles. The van der Waals surface area contributed by atoms with Gasteiger partial charge < -0.3 is 9.30 Å². The Kier molecular flexibility index (Phi) is 5.50. The lowest BCUT2D eigenvalue weighted by molar-refractivity contribution is -0.120. The van der Waals surface area contributed by atoms with Gasteiger partial charge in [0, 0.05) is 11.6 Å². The topological polar surface area (TPSA) is 43.6 Å². The molecule has 0 atom stereocenters. The first-order valence-electron chi connectivity index (χ1n) is 7.82. The number of para-hydroxylation sites is 1. The summed E-state index contributed by atoms with van der Waals surface area (Å²) in [6.45, 7) is 2.39. The lowest BCUT2D eigenvalue weighted by atomic mass is 10.3. The quantitative estimate of drug-likeness (QED) is 0.660. The van der Waals surface area contributed by atoms with Crippen molar-refractivity contribution < 1.29 is 13.9 Å². The molecule has 25 heavy (non-hydrogen) atoms. The fraction of sp³-hybridized carbons (Fsp3) is 0.222. The molecule has 1 aromatic heterocycles. The molecule has 0 saturated carbocycles. The number of hydrogen-bond acceptors (Lipinski definition) is 3. The number of thiazole rings is 1. The third-order valence-electron chi connectivity index (χ3n) is 3.50. The molecule has 1 heterocycles. The summed E-state index contributed by atoms with van der Waals surface area (Å²) in [6.07, 6.45) is 0.808. The number of carbonyl (C=O) groups is 1. The average molecular weight is 379 g/mol. The van der Waals surface area contributed by atoms with Crippen LogP contribution in [0.15, 0.2) is 47.5 Å². The Hall–Kier alpha value is -2.18. The number of rotatable bonds is 5. The predicted octanol–water partition coefficient (Wildman–Crippen LogP) is 4.41. The molecule has 2 aromatic carbocycles.